The lowest BCUT2D eigenvalue weighted by Gasteiger charge is -2.28. The van der Waals surface area contributed by atoms with E-state index in [2.05, 4.69) is 11.4 Å². The van der Waals surface area contributed by atoms with Gasteiger partial charge in [-0.2, -0.15) is 0 Å². The zero-order chi connectivity index (χ0) is 14.6. The second-order valence-corrected chi connectivity index (χ2v) is 6.92. The zero-order valence-electron chi connectivity index (χ0n) is 12.3. The molecular weight excluding hydrogens is 270 g/mol. The van der Waals surface area contributed by atoms with E-state index in [9.17, 15) is 4.79 Å². The fourth-order valence-corrected chi connectivity index (χ4v) is 2.72. The highest BCUT2D eigenvalue weighted by molar-refractivity contribution is 7.09. The van der Waals surface area contributed by atoms with Crippen molar-refractivity contribution in [3.63, 3.8) is 0 Å². The van der Waals surface area contributed by atoms with E-state index in [4.69, 9.17) is 4.42 Å². The van der Waals surface area contributed by atoms with Gasteiger partial charge in [-0.1, -0.05) is 26.8 Å². The van der Waals surface area contributed by atoms with Gasteiger partial charge in [-0.25, -0.2) is 0 Å². The van der Waals surface area contributed by atoms with E-state index in [1.807, 2.05) is 43.9 Å². The van der Waals surface area contributed by atoms with Crippen LogP contribution in [0.5, 0.6) is 0 Å². The third-order valence-corrected chi connectivity index (χ3v) is 4.00. The molecular formula is C16H21NO2S. The lowest BCUT2D eigenvalue weighted by Crippen LogP contribution is -2.40. The molecule has 108 valence electrons. The number of rotatable bonds is 5. The van der Waals surface area contributed by atoms with E-state index in [0.29, 0.717) is 6.54 Å². The number of nitrogens with zero attached hydrogens (tertiary/aromatic N) is 1. The van der Waals surface area contributed by atoms with Crippen LogP contribution < -0.4 is 0 Å². The number of thiophene rings is 1. The predicted molar refractivity (Wildman–Crippen MR) is 81.6 cm³/mol. The Labute approximate surface area is 124 Å². The number of hydrogen-bond donors (Lipinski definition) is 0. The third-order valence-electron chi connectivity index (χ3n) is 3.06. The first-order chi connectivity index (χ1) is 9.47. The first-order valence-corrected chi connectivity index (χ1v) is 7.69. The van der Waals surface area contributed by atoms with Crippen molar-refractivity contribution >= 4 is 17.2 Å². The van der Waals surface area contributed by atoms with E-state index >= 15 is 0 Å². The number of carbonyl (C=O) groups is 1. The van der Waals surface area contributed by atoms with Gasteiger partial charge in [0.25, 0.3) is 0 Å². The van der Waals surface area contributed by atoms with Gasteiger partial charge in [-0.3, -0.25) is 4.79 Å². The molecule has 4 heteroatoms. The van der Waals surface area contributed by atoms with Gasteiger partial charge in [-0.05, 0) is 30.0 Å². The molecule has 0 unspecified atom stereocenters. The minimum Gasteiger partial charge on any atom is -0.467 e. The van der Waals surface area contributed by atoms with Crippen LogP contribution in [0, 0.1) is 5.41 Å². The molecule has 2 aromatic rings. The Morgan fingerprint density at radius 1 is 1.30 bits per heavy atom. The van der Waals surface area contributed by atoms with E-state index in [1.165, 1.54) is 4.88 Å². The van der Waals surface area contributed by atoms with E-state index in [-0.39, 0.29) is 11.3 Å². The van der Waals surface area contributed by atoms with Crippen LogP contribution in [0.1, 0.15) is 31.4 Å². The lowest BCUT2D eigenvalue weighted by atomic mass is 9.94. The van der Waals surface area contributed by atoms with Crippen molar-refractivity contribution in [3.8, 4) is 0 Å². The van der Waals surface area contributed by atoms with Gasteiger partial charge in [-0.15, -0.1) is 11.3 Å². The standard InChI is InChI=1S/C16H21NO2S/c1-16(2,3)15(18)17(12-13-6-4-10-19-13)9-8-14-7-5-11-20-14/h4-7,10-11H,8-9,12H2,1-3H3. The predicted octanol–water partition coefficient (Wildman–Crippen LogP) is 3.96. The monoisotopic (exact) mass is 291 g/mol. The quantitative estimate of drug-likeness (QED) is 0.835. The maximum Gasteiger partial charge on any atom is 0.228 e. The fraction of sp³-hybridized carbons (Fsp3) is 0.438. The van der Waals surface area contributed by atoms with Crippen LogP contribution in [0.4, 0.5) is 0 Å². The Balaban J connectivity index is 2.05. The molecule has 0 saturated heterocycles. The second kappa shape index (κ2) is 6.27. The van der Waals surface area contributed by atoms with Crippen molar-refractivity contribution in [3.05, 3.63) is 46.5 Å². The first-order valence-electron chi connectivity index (χ1n) is 6.81. The van der Waals surface area contributed by atoms with Crippen LogP contribution in [0.25, 0.3) is 0 Å². The summed E-state index contributed by atoms with van der Waals surface area (Å²) in [5.74, 6) is 0.985. The minimum absolute atomic E-state index is 0.158. The smallest absolute Gasteiger partial charge is 0.228 e. The molecule has 20 heavy (non-hydrogen) atoms. The summed E-state index contributed by atoms with van der Waals surface area (Å²) in [4.78, 5) is 15.7. The van der Waals surface area contributed by atoms with Crippen LogP contribution >= 0.6 is 11.3 Å². The van der Waals surface area contributed by atoms with Gasteiger partial charge in [0.15, 0.2) is 0 Å². The van der Waals surface area contributed by atoms with Crippen molar-refractivity contribution in [2.75, 3.05) is 6.54 Å². The van der Waals surface area contributed by atoms with Gasteiger partial charge in [0.2, 0.25) is 5.91 Å². The third kappa shape index (κ3) is 3.97. The number of amides is 1. The first kappa shape index (κ1) is 14.9. The zero-order valence-corrected chi connectivity index (χ0v) is 13.1. The summed E-state index contributed by atoms with van der Waals surface area (Å²) in [6, 6.07) is 7.92. The van der Waals surface area contributed by atoms with Crippen molar-refractivity contribution in [2.24, 2.45) is 5.41 Å². The van der Waals surface area contributed by atoms with Gasteiger partial charge < -0.3 is 9.32 Å². The van der Waals surface area contributed by atoms with Crippen molar-refractivity contribution in [1.82, 2.24) is 4.90 Å². The van der Waals surface area contributed by atoms with Crippen LogP contribution in [0.15, 0.2) is 40.3 Å². The Morgan fingerprint density at radius 2 is 2.10 bits per heavy atom. The largest absolute Gasteiger partial charge is 0.467 e. The van der Waals surface area contributed by atoms with E-state index in [0.717, 1.165) is 18.7 Å². The number of hydrogen-bond acceptors (Lipinski definition) is 3. The van der Waals surface area contributed by atoms with Crippen molar-refractivity contribution in [2.45, 2.75) is 33.7 Å². The number of carbonyl (C=O) groups excluding carboxylic acids is 1. The summed E-state index contributed by atoms with van der Waals surface area (Å²) in [7, 11) is 0. The molecule has 0 aromatic carbocycles. The normalized spacial score (nSPS) is 11.6. The highest BCUT2D eigenvalue weighted by atomic mass is 32.1. The van der Waals surface area contributed by atoms with Gasteiger partial charge >= 0.3 is 0 Å². The molecule has 0 aliphatic carbocycles. The molecule has 0 radical (unpaired) electrons. The Bertz CT molecular complexity index is 523. The molecule has 0 N–H and O–H groups in total. The SMILES string of the molecule is CC(C)(C)C(=O)N(CCc1cccs1)Cc1ccco1. The molecule has 0 bridgehead atoms. The molecule has 0 fully saturated rings. The van der Waals surface area contributed by atoms with Gasteiger partial charge in [0.1, 0.15) is 5.76 Å². The molecule has 2 rings (SSSR count). The molecule has 2 aromatic heterocycles. The Kier molecular flexibility index (Phi) is 4.65. The highest BCUT2D eigenvalue weighted by Crippen LogP contribution is 2.20. The van der Waals surface area contributed by atoms with Gasteiger partial charge in [0, 0.05) is 16.8 Å². The molecule has 1 amide bonds. The van der Waals surface area contributed by atoms with Crippen LogP contribution in [0.3, 0.4) is 0 Å². The lowest BCUT2D eigenvalue weighted by molar-refractivity contribution is -0.140. The molecule has 3 nitrogen and oxygen atoms in total. The second-order valence-electron chi connectivity index (χ2n) is 5.89. The van der Waals surface area contributed by atoms with Crippen LogP contribution in [-0.4, -0.2) is 17.4 Å². The van der Waals surface area contributed by atoms with Crippen molar-refractivity contribution < 1.29 is 9.21 Å². The van der Waals surface area contributed by atoms with Crippen LogP contribution in [0.2, 0.25) is 0 Å². The average Bonchev–Trinajstić information content (AvgIpc) is 3.05. The summed E-state index contributed by atoms with van der Waals surface area (Å²) in [6.07, 6.45) is 2.54. The molecule has 0 saturated carbocycles. The molecule has 2 heterocycles. The summed E-state index contributed by atoms with van der Waals surface area (Å²) in [5, 5.41) is 2.07. The Hall–Kier alpha value is -1.55. The molecule has 0 spiro atoms. The molecule has 0 atom stereocenters. The summed E-state index contributed by atoms with van der Waals surface area (Å²) < 4.78 is 5.37. The van der Waals surface area contributed by atoms with Gasteiger partial charge in [0.05, 0.1) is 12.8 Å². The summed E-state index contributed by atoms with van der Waals surface area (Å²) >= 11 is 1.73. The molecule has 0 aliphatic heterocycles. The van der Waals surface area contributed by atoms with E-state index in [1.54, 1.807) is 17.6 Å². The summed E-state index contributed by atoms with van der Waals surface area (Å²) in [6.45, 7) is 7.12. The highest BCUT2D eigenvalue weighted by Gasteiger charge is 2.27. The fourth-order valence-electron chi connectivity index (χ4n) is 2.02. The van der Waals surface area contributed by atoms with E-state index < -0.39 is 0 Å². The average molecular weight is 291 g/mol. The minimum atomic E-state index is -0.373. The van der Waals surface area contributed by atoms with Crippen molar-refractivity contribution in [1.29, 1.82) is 0 Å². The maximum absolute atomic E-state index is 12.5. The number of furan rings is 1. The summed E-state index contributed by atoms with van der Waals surface area (Å²) in [5.41, 5.74) is -0.373. The maximum atomic E-state index is 12.5. The topological polar surface area (TPSA) is 33.5 Å². The molecule has 0 aliphatic rings. The Morgan fingerprint density at radius 3 is 2.65 bits per heavy atom. The van der Waals surface area contributed by atoms with Crippen LogP contribution in [-0.2, 0) is 17.8 Å².